The van der Waals surface area contributed by atoms with Crippen molar-refractivity contribution < 1.29 is 0 Å². The molecule has 0 aromatic heterocycles. The van der Waals surface area contributed by atoms with E-state index in [9.17, 15) is 0 Å². The van der Waals surface area contributed by atoms with Crippen LogP contribution in [0.15, 0.2) is 48.6 Å². The van der Waals surface area contributed by atoms with Crippen LogP contribution >= 0.6 is 0 Å². The van der Waals surface area contributed by atoms with Crippen LogP contribution in [0.25, 0.3) is 0 Å². The third-order valence-corrected chi connectivity index (χ3v) is 1.90. The van der Waals surface area contributed by atoms with Gasteiger partial charge in [0.05, 0.1) is 0 Å². The fourth-order valence-electron chi connectivity index (χ4n) is 1.17. The molecule has 0 aromatic rings. The lowest BCUT2D eigenvalue weighted by molar-refractivity contribution is 0.865. The molecule has 1 aliphatic carbocycles. The zero-order valence-electron chi connectivity index (χ0n) is 8.02. The van der Waals surface area contributed by atoms with Crippen LogP contribution in [-0.4, -0.2) is 0 Å². The third kappa shape index (κ3) is 6.15. The van der Waals surface area contributed by atoms with Gasteiger partial charge in [0.1, 0.15) is 0 Å². The van der Waals surface area contributed by atoms with Gasteiger partial charge in [0.15, 0.2) is 0 Å². The van der Waals surface area contributed by atoms with Crippen molar-refractivity contribution in [1.29, 1.82) is 0 Å². The first-order valence-electron chi connectivity index (χ1n) is 4.97. The first-order valence-corrected chi connectivity index (χ1v) is 4.97. The Morgan fingerprint density at radius 1 is 0.615 bits per heavy atom. The van der Waals surface area contributed by atoms with Gasteiger partial charge in [-0.2, -0.15) is 0 Å². The van der Waals surface area contributed by atoms with Gasteiger partial charge in [-0.15, -0.1) is 0 Å². The Morgan fingerprint density at radius 2 is 1.38 bits per heavy atom. The average molecular weight is 173 g/mol. The molecule has 0 spiro atoms. The van der Waals surface area contributed by atoms with Crippen molar-refractivity contribution >= 4 is 0 Å². The van der Waals surface area contributed by atoms with Crippen LogP contribution in [0.5, 0.6) is 0 Å². The maximum absolute atomic E-state index is 2.27. The summed E-state index contributed by atoms with van der Waals surface area (Å²) >= 11 is 0. The van der Waals surface area contributed by atoms with E-state index in [4.69, 9.17) is 0 Å². The first kappa shape index (κ1) is 10.0. The maximum atomic E-state index is 2.27. The summed E-state index contributed by atoms with van der Waals surface area (Å²) in [6, 6.07) is 0. The zero-order valence-corrected chi connectivity index (χ0v) is 8.02. The molecule has 0 saturated carbocycles. The fourth-order valence-corrected chi connectivity index (χ4v) is 1.17. The maximum Gasteiger partial charge on any atom is -0.0130 e. The number of hydrogen-bond donors (Lipinski definition) is 0. The summed E-state index contributed by atoms with van der Waals surface area (Å²) < 4.78 is 0. The molecule has 0 amide bonds. The van der Waals surface area contributed by atoms with Crippen LogP contribution in [-0.2, 0) is 0 Å². The van der Waals surface area contributed by atoms with E-state index in [0.29, 0.717) is 0 Å². The summed E-state index contributed by atoms with van der Waals surface area (Å²) in [4.78, 5) is 0. The average Bonchev–Trinajstić information content (AvgIpc) is 2.18. The summed E-state index contributed by atoms with van der Waals surface area (Å²) in [5.74, 6) is 0. The summed E-state index contributed by atoms with van der Waals surface area (Å²) in [6.45, 7) is 0. The Kier molecular flexibility index (Phi) is 5.87. The van der Waals surface area contributed by atoms with Crippen molar-refractivity contribution in [2.24, 2.45) is 0 Å². The van der Waals surface area contributed by atoms with E-state index < -0.39 is 0 Å². The summed E-state index contributed by atoms with van der Waals surface area (Å²) in [5.41, 5.74) is 0. The molecular weight excluding hydrogens is 156 g/mol. The normalized spacial score (nSPS) is 28.9. The van der Waals surface area contributed by atoms with Gasteiger partial charge in [0.25, 0.3) is 0 Å². The van der Waals surface area contributed by atoms with Crippen LogP contribution in [0.3, 0.4) is 0 Å². The van der Waals surface area contributed by atoms with E-state index in [1.807, 2.05) is 0 Å². The van der Waals surface area contributed by atoms with Crippen molar-refractivity contribution in [3.05, 3.63) is 55.0 Å². The zero-order chi connectivity index (χ0) is 9.19. The molecule has 1 aliphatic rings. The molecule has 0 saturated heterocycles. The van der Waals surface area contributed by atoms with Crippen LogP contribution in [0.2, 0.25) is 0 Å². The molecule has 0 heterocycles. The molecule has 0 unspecified atom stereocenters. The lowest BCUT2D eigenvalue weighted by Gasteiger charge is -1.89. The molecule has 0 bridgehead atoms. The van der Waals surface area contributed by atoms with Gasteiger partial charge >= 0.3 is 0 Å². The summed E-state index contributed by atoms with van der Waals surface area (Å²) in [5, 5.41) is 0. The van der Waals surface area contributed by atoms with Crippen molar-refractivity contribution in [3.63, 3.8) is 0 Å². The van der Waals surface area contributed by atoms with E-state index in [1.54, 1.807) is 0 Å². The minimum absolute atomic E-state index is 1.05. The molecule has 1 radical (unpaired) electrons. The molecule has 1 rings (SSSR count). The van der Waals surface area contributed by atoms with Crippen molar-refractivity contribution in [1.82, 2.24) is 0 Å². The first-order chi connectivity index (χ1) is 6.50. The standard InChI is InChI=1S/C13H17/c1-2-4-6-8-10-12-13-11-9-7-5-3-1/h1-7,10,12H,8-9,11,13H2/b3-1+,4-2+,7-5-,12-10+. The van der Waals surface area contributed by atoms with Crippen molar-refractivity contribution in [2.45, 2.75) is 25.7 Å². The Balaban J connectivity index is 2.38. The predicted octanol–water partition coefficient (Wildman–Crippen LogP) is 3.99. The minimum atomic E-state index is 1.05. The van der Waals surface area contributed by atoms with Crippen LogP contribution < -0.4 is 0 Å². The summed E-state index contributed by atoms with van der Waals surface area (Å²) in [6.07, 6.45) is 24.0. The molecule has 13 heavy (non-hydrogen) atoms. The molecule has 0 aliphatic heterocycles. The second-order valence-corrected chi connectivity index (χ2v) is 3.07. The lowest BCUT2D eigenvalue weighted by atomic mass is 10.2. The number of hydrogen-bond acceptors (Lipinski definition) is 0. The highest BCUT2D eigenvalue weighted by molar-refractivity contribution is 5.14. The van der Waals surface area contributed by atoms with E-state index >= 15 is 0 Å². The molecular formula is C13H17. The second-order valence-electron chi connectivity index (χ2n) is 3.07. The third-order valence-electron chi connectivity index (χ3n) is 1.90. The molecule has 0 heteroatoms. The SMILES string of the molecule is [CH]1/C=C/C=C/C=C\CCC/C=C/C1. The van der Waals surface area contributed by atoms with Gasteiger partial charge in [-0.1, -0.05) is 48.6 Å². The minimum Gasteiger partial charge on any atom is -0.0885 e. The van der Waals surface area contributed by atoms with Crippen LogP contribution in [0.1, 0.15) is 25.7 Å². The predicted molar refractivity (Wildman–Crippen MR) is 59.3 cm³/mol. The molecule has 0 N–H and O–H groups in total. The van der Waals surface area contributed by atoms with E-state index in [1.165, 1.54) is 19.3 Å². The Hall–Kier alpha value is -1.04. The second kappa shape index (κ2) is 7.60. The Bertz CT molecular complexity index is 216. The quantitative estimate of drug-likeness (QED) is 0.486. The molecule has 69 valence electrons. The summed E-state index contributed by atoms with van der Waals surface area (Å²) in [7, 11) is 0. The van der Waals surface area contributed by atoms with Crippen LogP contribution in [0.4, 0.5) is 0 Å². The fraction of sp³-hybridized carbons (Fsp3) is 0.308. The highest BCUT2D eigenvalue weighted by Gasteiger charge is 1.81. The topological polar surface area (TPSA) is 0 Å². The highest BCUT2D eigenvalue weighted by atomic mass is 13.9. The van der Waals surface area contributed by atoms with Crippen molar-refractivity contribution in [2.75, 3.05) is 0 Å². The monoisotopic (exact) mass is 173 g/mol. The van der Waals surface area contributed by atoms with Crippen molar-refractivity contribution in [3.8, 4) is 0 Å². The van der Waals surface area contributed by atoms with Gasteiger partial charge in [-0.25, -0.2) is 0 Å². The Labute approximate surface area is 81.4 Å². The van der Waals surface area contributed by atoms with E-state index in [0.717, 1.165) is 6.42 Å². The van der Waals surface area contributed by atoms with E-state index in [2.05, 4.69) is 55.0 Å². The van der Waals surface area contributed by atoms with Gasteiger partial charge in [0, 0.05) is 0 Å². The smallest absolute Gasteiger partial charge is 0.0130 e. The number of allylic oxidation sites excluding steroid dienone is 8. The molecule has 0 aromatic carbocycles. The lowest BCUT2D eigenvalue weighted by Crippen LogP contribution is -1.69. The van der Waals surface area contributed by atoms with Gasteiger partial charge in [-0.3, -0.25) is 0 Å². The van der Waals surface area contributed by atoms with Gasteiger partial charge < -0.3 is 0 Å². The van der Waals surface area contributed by atoms with Gasteiger partial charge in [-0.05, 0) is 32.1 Å². The Morgan fingerprint density at radius 3 is 2.38 bits per heavy atom. The van der Waals surface area contributed by atoms with Gasteiger partial charge in [0.2, 0.25) is 0 Å². The van der Waals surface area contributed by atoms with Crippen LogP contribution in [0, 0.1) is 6.42 Å². The molecule has 0 fully saturated rings. The van der Waals surface area contributed by atoms with E-state index in [-0.39, 0.29) is 0 Å². The highest BCUT2D eigenvalue weighted by Crippen LogP contribution is 2.01. The number of rotatable bonds is 0. The molecule has 0 atom stereocenters. The largest absolute Gasteiger partial charge is 0.0885 e. The molecule has 0 nitrogen and oxygen atoms in total.